The third-order valence-electron chi connectivity index (χ3n) is 2.30. The Morgan fingerprint density at radius 2 is 1.86 bits per heavy atom. The molecule has 0 N–H and O–H groups in total. The Kier molecular flexibility index (Phi) is 4.88. The zero-order valence-corrected chi connectivity index (χ0v) is 9.19. The molecular formula is C9H19F3NO+. The number of nitrogens with zero attached hydrogens (tertiary/aromatic N) is 1. The average Bonchev–Trinajstić information content (AvgIpc) is 2.13. The van der Waals surface area contributed by atoms with Crippen LogP contribution < -0.4 is 0 Å². The van der Waals surface area contributed by atoms with Crippen LogP contribution in [0.1, 0.15) is 20.3 Å². The quantitative estimate of drug-likeness (QED) is 0.487. The zero-order valence-electron chi connectivity index (χ0n) is 9.19. The maximum absolute atomic E-state index is 13.3. The lowest BCUT2D eigenvalue weighted by molar-refractivity contribution is -0.987. The van der Waals surface area contributed by atoms with Crippen molar-refractivity contribution in [3.05, 3.63) is 0 Å². The molecular weight excluding hydrogens is 195 g/mol. The van der Waals surface area contributed by atoms with Gasteiger partial charge in [0, 0.05) is 0 Å². The first-order valence-corrected chi connectivity index (χ1v) is 4.65. The van der Waals surface area contributed by atoms with Crippen molar-refractivity contribution in [1.29, 1.82) is 0 Å². The predicted octanol–water partition coefficient (Wildman–Crippen LogP) is 2.40. The Hall–Kier alpha value is -0.290. The van der Waals surface area contributed by atoms with Crippen LogP contribution in [-0.4, -0.2) is 44.1 Å². The third kappa shape index (κ3) is 3.46. The largest absolute Gasteiger partial charge is 0.415 e. The van der Waals surface area contributed by atoms with Crippen LogP contribution in [0.2, 0.25) is 0 Å². The number of ether oxygens (including phenoxy) is 1. The van der Waals surface area contributed by atoms with Crippen molar-refractivity contribution in [1.82, 2.24) is 0 Å². The van der Waals surface area contributed by atoms with Crippen LogP contribution in [0, 0.1) is 0 Å². The van der Waals surface area contributed by atoms with Gasteiger partial charge in [-0.15, -0.1) is 8.78 Å². The van der Waals surface area contributed by atoms with Gasteiger partial charge in [-0.2, -0.15) is 4.39 Å². The number of alkyl halides is 3. The number of hydrogen-bond acceptors (Lipinski definition) is 1. The molecule has 0 heterocycles. The summed E-state index contributed by atoms with van der Waals surface area (Å²) in [5.74, 6) is 0. The molecule has 14 heavy (non-hydrogen) atoms. The van der Waals surface area contributed by atoms with Crippen LogP contribution in [0.25, 0.3) is 0 Å². The lowest BCUT2D eigenvalue weighted by Gasteiger charge is -2.34. The first-order valence-electron chi connectivity index (χ1n) is 4.65. The fourth-order valence-electron chi connectivity index (χ4n) is 0.623. The smallest absolute Gasteiger partial charge is 0.365 e. The number of hydrogen-bond donors (Lipinski definition) is 0. The van der Waals surface area contributed by atoms with Crippen LogP contribution >= 0.6 is 0 Å². The lowest BCUT2D eigenvalue weighted by Crippen LogP contribution is -2.56. The van der Waals surface area contributed by atoms with Gasteiger partial charge in [-0.25, -0.2) is 4.48 Å². The molecule has 0 spiro atoms. The highest BCUT2D eigenvalue weighted by molar-refractivity contribution is 4.53. The Morgan fingerprint density at radius 1 is 1.36 bits per heavy atom. The second-order valence-electron chi connectivity index (χ2n) is 4.00. The Morgan fingerprint density at radius 3 is 2.21 bits per heavy atom. The van der Waals surface area contributed by atoms with Crippen molar-refractivity contribution in [2.75, 3.05) is 27.5 Å². The van der Waals surface area contributed by atoms with Gasteiger partial charge < -0.3 is 4.74 Å². The molecule has 0 aromatic carbocycles. The van der Waals surface area contributed by atoms with Gasteiger partial charge in [0.05, 0.1) is 20.2 Å². The molecule has 0 amide bonds. The molecule has 1 atom stereocenters. The molecule has 0 aromatic rings. The second kappa shape index (κ2) is 4.98. The maximum Gasteiger partial charge on any atom is 0.415 e. The molecule has 0 saturated carbocycles. The third-order valence-corrected chi connectivity index (χ3v) is 2.30. The molecule has 0 aromatic heterocycles. The fourth-order valence-corrected chi connectivity index (χ4v) is 0.623. The predicted molar refractivity (Wildman–Crippen MR) is 48.7 cm³/mol. The van der Waals surface area contributed by atoms with Crippen molar-refractivity contribution in [3.63, 3.8) is 0 Å². The number of quaternary nitrogens is 1. The first-order chi connectivity index (χ1) is 6.27. The minimum atomic E-state index is -3.18. The summed E-state index contributed by atoms with van der Waals surface area (Å²) in [7, 11) is 2.28. The summed E-state index contributed by atoms with van der Waals surface area (Å²) in [6, 6.07) is -3.18. The van der Waals surface area contributed by atoms with Gasteiger partial charge in [-0.05, 0) is 13.3 Å². The van der Waals surface area contributed by atoms with E-state index in [9.17, 15) is 13.2 Å². The van der Waals surface area contributed by atoms with Gasteiger partial charge in [0.2, 0.25) is 6.80 Å². The average molecular weight is 214 g/mol. The van der Waals surface area contributed by atoms with E-state index in [-0.39, 0.29) is 6.10 Å². The summed E-state index contributed by atoms with van der Waals surface area (Å²) in [6.07, 6.45) is 0.444. The van der Waals surface area contributed by atoms with Gasteiger partial charge in [0.1, 0.15) is 0 Å². The van der Waals surface area contributed by atoms with Crippen LogP contribution in [-0.2, 0) is 4.74 Å². The summed E-state index contributed by atoms with van der Waals surface area (Å²) in [5.41, 5.74) is 0. The zero-order chi connectivity index (χ0) is 11.4. The van der Waals surface area contributed by atoms with E-state index in [2.05, 4.69) is 0 Å². The molecule has 0 rings (SSSR count). The molecule has 0 aliphatic carbocycles. The van der Waals surface area contributed by atoms with Gasteiger partial charge in [0.25, 0.3) is 0 Å². The summed E-state index contributed by atoms with van der Waals surface area (Å²) < 4.78 is 42.8. The molecule has 86 valence electrons. The van der Waals surface area contributed by atoms with E-state index in [4.69, 9.17) is 4.74 Å². The summed E-state index contributed by atoms with van der Waals surface area (Å²) in [5, 5.41) is 0. The van der Waals surface area contributed by atoms with Gasteiger partial charge in [-0.1, -0.05) is 6.92 Å². The molecule has 0 saturated heterocycles. The van der Waals surface area contributed by atoms with E-state index < -0.39 is 23.9 Å². The van der Waals surface area contributed by atoms with Gasteiger partial charge in [0.15, 0.2) is 6.61 Å². The molecule has 0 bridgehead atoms. The molecule has 2 nitrogen and oxygen atoms in total. The Bertz CT molecular complexity index is 173. The molecule has 0 aliphatic heterocycles. The van der Waals surface area contributed by atoms with Crippen molar-refractivity contribution < 1.29 is 22.4 Å². The topological polar surface area (TPSA) is 9.23 Å². The normalized spacial score (nSPS) is 15.6. The molecule has 1 unspecified atom stereocenters. The van der Waals surface area contributed by atoms with Crippen LogP contribution in [0.5, 0.6) is 0 Å². The number of likely N-dealkylation sites (N-methyl/N-ethyl adjacent to an activating group) is 1. The van der Waals surface area contributed by atoms with Crippen molar-refractivity contribution >= 4 is 0 Å². The van der Waals surface area contributed by atoms with Crippen molar-refractivity contribution in [3.8, 4) is 0 Å². The van der Waals surface area contributed by atoms with E-state index in [1.165, 1.54) is 0 Å². The van der Waals surface area contributed by atoms with E-state index >= 15 is 0 Å². The highest BCUT2D eigenvalue weighted by Crippen LogP contribution is 2.25. The van der Waals surface area contributed by atoms with Crippen molar-refractivity contribution in [2.45, 2.75) is 32.4 Å². The highest BCUT2D eigenvalue weighted by Gasteiger charge is 2.47. The van der Waals surface area contributed by atoms with E-state index in [1.54, 1.807) is 6.92 Å². The summed E-state index contributed by atoms with van der Waals surface area (Å²) >= 11 is 0. The fraction of sp³-hybridized carbons (Fsp3) is 1.00. The molecule has 0 fully saturated rings. The van der Waals surface area contributed by atoms with E-state index in [0.29, 0.717) is 6.42 Å². The van der Waals surface area contributed by atoms with E-state index in [1.807, 2.05) is 6.92 Å². The van der Waals surface area contributed by atoms with Crippen molar-refractivity contribution in [2.24, 2.45) is 0 Å². The van der Waals surface area contributed by atoms with Crippen LogP contribution in [0.15, 0.2) is 0 Å². The SMILES string of the molecule is CCC(C)OCC(F)(F)[N+](C)(C)CF. The van der Waals surface area contributed by atoms with Gasteiger partial charge >= 0.3 is 6.05 Å². The monoisotopic (exact) mass is 214 g/mol. The van der Waals surface area contributed by atoms with Crippen LogP contribution in [0.3, 0.4) is 0 Å². The van der Waals surface area contributed by atoms with Crippen LogP contribution in [0.4, 0.5) is 13.2 Å². The Labute approximate surface area is 83.2 Å². The number of rotatable bonds is 6. The first kappa shape index (κ1) is 13.7. The lowest BCUT2D eigenvalue weighted by atomic mass is 10.3. The maximum atomic E-state index is 13.3. The standard InChI is InChI=1S/C9H19F3NO/c1-5-8(2)14-6-9(11,12)13(3,4)7-10/h8H,5-7H2,1-4H3/q+1. The minimum absolute atomic E-state index is 0.222. The van der Waals surface area contributed by atoms with E-state index in [0.717, 1.165) is 14.1 Å². The highest BCUT2D eigenvalue weighted by atomic mass is 19.3. The number of halogens is 3. The molecule has 0 radical (unpaired) electrons. The summed E-state index contributed by atoms with van der Waals surface area (Å²) in [6.45, 7) is 1.71. The molecule has 0 aliphatic rings. The van der Waals surface area contributed by atoms with Gasteiger partial charge in [-0.3, -0.25) is 0 Å². The minimum Gasteiger partial charge on any atom is -0.365 e. The Balaban J connectivity index is 4.20. The molecule has 5 heteroatoms. The summed E-state index contributed by atoms with van der Waals surface area (Å²) in [4.78, 5) is 0. The second-order valence-corrected chi connectivity index (χ2v) is 4.00.